The van der Waals surface area contributed by atoms with Crippen LogP contribution in [-0.4, -0.2) is 423 Å². The Bertz CT molecular complexity index is 2740. The van der Waals surface area contributed by atoms with Crippen LogP contribution < -0.4 is 90.1 Å². The quantitative estimate of drug-likeness (QED) is 0.00884. The molecule has 0 bridgehead atoms. The molecule has 0 aromatic heterocycles. The van der Waals surface area contributed by atoms with Gasteiger partial charge in [0.05, 0.1) is 74.0 Å². The molecule has 0 radical (unpaired) electrons. The van der Waals surface area contributed by atoms with Crippen LogP contribution in [0.1, 0.15) is 51.4 Å². The first-order chi connectivity index (χ1) is 53.9. The second kappa shape index (κ2) is 51.0. The fourth-order valence-corrected chi connectivity index (χ4v) is 16.3. The molecule has 0 amide bonds. The summed E-state index contributed by atoms with van der Waals surface area (Å²) < 4.78 is 67.0. The van der Waals surface area contributed by atoms with Crippen molar-refractivity contribution >= 4 is 58.2 Å². The zero-order valence-electron chi connectivity index (χ0n) is 63.8. The highest BCUT2D eigenvalue weighted by Crippen LogP contribution is 2.36. The molecule has 2 aliphatic carbocycles. The summed E-state index contributed by atoms with van der Waals surface area (Å²) in [7, 11) is 1.40. The van der Waals surface area contributed by atoms with Crippen LogP contribution in [0.3, 0.4) is 0 Å². The number of aliphatic hydroxyl groups excluding tert-OH is 13. The number of nitrogens with one attached hydrogen (secondary N) is 4. The average Bonchev–Trinajstić information content (AvgIpc) is 1.73. The zero-order chi connectivity index (χ0) is 83.3. The van der Waals surface area contributed by atoms with E-state index in [-0.39, 0.29) is 50.5 Å². The summed E-state index contributed by atoms with van der Waals surface area (Å²) in [6.07, 6.45) is -32.8. The molecule has 2 saturated carbocycles. The Labute approximate surface area is 677 Å². The van der Waals surface area contributed by atoms with E-state index in [2.05, 4.69) is 36.2 Å². The molecule has 6 aliphatic rings. The molecule has 6 fully saturated rings. The number of nitrogens with zero attached hydrogens (tertiary/aromatic N) is 4. The predicted octanol–water partition coefficient (Wildman–Crippen LogP) is -13.5. The van der Waals surface area contributed by atoms with Crippen LogP contribution in [0, 0.1) is 0 Å². The minimum Gasteiger partial charge on any atom is -0.389 e. The Morgan fingerprint density at radius 1 is 0.513 bits per heavy atom. The van der Waals surface area contributed by atoms with Crippen molar-refractivity contribution in [2.75, 3.05) is 122 Å². The number of hydrogen-bond acceptors (Lipinski definition) is 42. The molecule has 4 heterocycles. The lowest BCUT2D eigenvalue weighted by molar-refractivity contribution is -0.306. The van der Waals surface area contributed by atoms with Gasteiger partial charge in [-0.15, -0.1) is 0 Å². The molecular formula is C65H132N20O24S4. The molecule has 0 spiro atoms. The van der Waals surface area contributed by atoms with Gasteiger partial charge in [-0.05, 0) is 94.5 Å². The second-order valence-electron chi connectivity index (χ2n) is 29.4. The molecule has 4 saturated heterocycles. The summed E-state index contributed by atoms with van der Waals surface area (Å²) in [5.41, 5.74) is 82.2. The van der Waals surface area contributed by atoms with Gasteiger partial charge in [-0.2, -0.15) is 23.5 Å². The third-order valence-corrected chi connectivity index (χ3v) is 23.7. The summed E-state index contributed by atoms with van der Waals surface area (Å²) in [6, 6.07) is -8.66. The summed E-state index contributed by atoms with van der Waals surface area (Å²) in [4.78, 5) is 5.24. The summed E-state index contributed by atoms with van der Waals surface area (Å²) in [5.74, 6) is 1.37. The van der Waals surface area contributed by atoms with Crippen molar-refractivity contribution < 1.29 is 118 Å². The number of thioether (sulfide) groups is 2. The Kier molecular flexibility index (Phi) is 45.0. The Morgan fingerprint density at radius 2 is 0.982 bits per heavy atom. The monoisotopic (exact) mass is 1700 g/mol. The molecule has 113 heavy (non-hydrogen) atoms. The first-order valence-corrected chi connectivity index (χ1v) is 41.6. The Balaban J connectivity index is 0.951. The van der Waals surface area contributed by atoms with Crippen molar-refractivity contribution in [2.24, 2.45) is 73.9 Å². The normalized spacial score (nSPS) is 37.5. The standard InChI is InChI=1S/C65H132N20O24S4/c1-99-38(56(107-61-41(76)51(96)48(93)36(22-68)103-61)34(87)25-101-58-44(89)28(70)18-30(72)54(58)100-24-32(74)43(88)46(91)33(86)20-66)26-112-16-11-81-64(110)79-8-4-6-14-85(13-5-2-3-10-83-84-78)15-7-9-80-65(111)82-12-17-113-27-39-57(108-62-42(77)52(97)49(94)37(23-69)104-62)53(98)63(105-39)109-59-45(90)29(71)19-31(73)55(59)106-60-40(75)50(95)47(92)35(21-67)102-60/h28-63,86-98H,2-27,66-77H2,1H3,(H2,79,81,110)(H2,80,82,111)/t28-,29-,30?,31?,32?,33?,34-,35?,36?,37?,38?,39?,40?,41?,42-,43-,44-,45-,46-,47-,48-,49-,50-,51+,52?,53+,54-,55-,56-,57+,58?,59?,60+,61-,62-,63+/m1/s1. The van der Waals surface area contributed by atoms with E-state index in [9.17, 15) is 66.4 Å². The minimum absolute atomic E-state index is 0.0533. The van der Waals surface area contributed by atoms with E-state index in [0.717, 1.165) is 58.2 Å². The van der Waals surface area contributed by atoms with Crippen molar-refractivity contribution in [2.45, 2.75) is 271 Å². The first kappa shape index (κ1) is 99.7. The second-order valence-corrected chi connectivity index (χ2v) is 32.5. The van der Waals surface area contributed by atoms with Gasteiger partial charge >= 0.3 is 0 Å². The maximum atomic E-state index is 12.0. The van der Waals surface area contributed by atoms with E-state index >= 15 is 0 Å². The lowest BCUT2D eigenvalue weighted by atomic mass is 9.84. The third-order valence-electron chi connectivity index (χ3n) is 21.0. The number of rotatable bonds is 49. The highest BCUT2D eigenvalue weighted by molar-refractivity contribution is 7.99. The molecule has 0 aromatic rings. The molecule has 660 valence electrons. The van der Waals surface area contributed by atoms with Crippen molar-refractivity contribution in [3.05, 3.63) is 10.4 Å². The van der Waals surface area contributed by atoms with Crippen LogP contribution in [0.4, 0.5) is 0 Å². The summed E-state index contributed by atoms with van der Waals surface area (Å²) in [5, 5.41) is 159. The molecule has 14 unspecified atom stereocenters. The molecular weight excluding hydrogens is 1570 g/mol. The fraction of sp³-hybridized carbons (Fsp3) is 0.969. The van der Waals surface area contributed by atoms with Gasteiger partial charge in [0.2, 0.25) is 0 Å². The largest absolute Gasteiger partial charge is 0.389 e. The molecule has 44 nitrogen and oxygen atoms in total. The molecule has 0 aromatic carbocycles. The van der Waals surface area contributed by atoms with Gasteiger partial charge in [0.25, 0.3) is 0 Å². The van der Waals surface area contributed by atoms with E-state index < -0.39 is 233 Å². The topological polar surface area (TPSA) is 777 Å². The highest BCUT2D eigenvalue weighted by Gasteiger charge is 2.56. The minimum atomic E-state index is -1.69. The fourth-order valence-electron chi connectivity index (χ4n) is 14.0. The number of thiocarbonyl (C=S) groups is 2. The van der Waals surface area contributed by atoms with Gasteiger partial charge in [0.1, 0.15) is 110 Å². The number of aliphatic hydroxyl groups is 13. The van der Waals surface area contributed by atoms with Crippen LogP contribution in [-0.2, 0) is 52.1 Å². The van der Waals surface area contributed by atoms with E-state index in [1.54, 1.807) is 0 Å². The van der Waals surface area contributed by atoms with Gasteiger partial charge in [0, 0.05) is 118 Å². The van der Waals surface area contributed by atoms with Crippen LogP contribution in [0.5, 0.6) is 0 Å². The zero-order valence-corrected chi connectivity index (χ0v) is 67.1. The Hall–Kier alpha value is -2.09. The maximum Gasteiger partial charge on any atom is 0.187 e. The summed E-state index contributed by atoms with van der Waals surface area (Å²) in [6.45, 7) is 2.87. The lowest BCUT2D eigenvalue weighted by Gasteiger charge is -2.47. The predicted molar refractivity (Wildman–Crippen MR) is 422 cm³/mol. The van der Waals surface area contributed by atoms with E-state index in [4.69, 9.17) is 151 Å². The molecule has 6 rings (SSSR count). The smallest absolute Gasteiger partial charge is 0.187 e. The van der Waals surface area contributed by atoms with Crippen molar-refractivity contribution in [1.29, 1.82) is 0 Å². The average molecular weight is 1710 g/mol. The number of hydrogen-bond donors (Lipinski definition) is 29. The number of nitrogens with two attached hydrogens (primary N) is 12. The van der Waals surface area contributed by atoms with E-state index in [1.807, 2.05) is 0 Å². The van der Waals surface area contributed by atoms with E-state index in [1.165, 1.54) is 30.6 Å². The number of unbranched alkanes of at least 4 members (excludes halogenated alkanes) is 3. The van der Waals surface area contributed by atoms with Crippen molar-refractivity contribution in [3.8, 4) is 0 Å². The van der Waals surface area contributed by atoms with Gasteiger partial charge in [-0.25, -0.2) is 0 Å². The highest BCUT2D eigenvalue weighted by atomic mass is 32.2. The molecule has 4 aliphatic heterocycles. The van der Waals surface area contributed by atoms with Crippen LogP contribution in [0.15, 0.2) is 5.11 Å². The van der Waals surface area contributed by atoms with Crippen molar-refractivity contribution in [1.82, 2.24) is 26.2 Å². The van der Waals surface area contributed by atoms with Gasteiger partial charge < -0.3 is 213 Å². The molecule has 41 N–H and O–H groups in total. The van der Waals surface area contributed by atoms with Gasteiger partial charge in [0.15, 0.2) is 35.4 Å². The molecule has 48 heteroatoms. The maximum absolute atomic E-state index is 12.0. The SMILES string of the molecule is COC(CSCCNC(=S)NCCCCN(CCCCCN=[N+]=[N-])CCCNC(=S)NCCSCC1O[C@@H](OC2[C@H](O[C@@H]3OC(CN)[C@@H](O)[C@H](O)C3N)C(N)C[C@@H](N)[C@H]2O)[C@@H](O)[C@H]1O[C@H]1OC(CN)[C@@H](O)C(O)[C@H]1N)[C@H](O[C@H]1OC(CN)[C@@H](O)[C@@H](O)C1N)[C@H](O)COC1[C@H](OCC(N)[C@@H](O)[C@H](O)C(O)CN)C(N)C[C@@H](N)[C@H]1O. The van der Waals surface area contributed by atoms with Gasteiger partial charge in [-0.1, -0.05) is 11.5 Å². The van der Waals surface area contributed by atoms with Crippen LogP contribution in [0.25, 0.3) is 10.4 Å². The number of methoxy groups -OCH3 is 1. The van der Waals surface area contributed by atoms with Gasteiger partial charge in [-0.3, -0.25) is 0 Å². The van der Waals surface area contributed by atoms with E-state index in [0.29, 0.717) is 54.5 Å². The lowest BCUT2D eigenvalue weighted by Crippen LogP contribution is -2.68. The summed E-state index contributed by atoms with van der Waals surface area (Å²) >= 11 is 14.1. The number of ether oxygens (including phenoxy) is 11. The van der Waals surface area contributed by atoms with Crippen molar-refractivity contribution in [3.63, 3.8) is 0 Å². The molecule has 36 atom stereocenters. The Morgan fingerprint density at radius 3 is 1.53 bits per heavy atom. The first-order valence-electron chi connectivity index (χ1n) is 38.5. The van der Waals surface area contributed by atoms with Crippen LogP contribution >= 0.6 is 48.0 Å². The van der Waals surface area contributed by atoms with Crippen LogP contribution in [0.2, 0.25) is 0 Å². The third kappa shape index (κ3) is 29.3. The number of azide groups is 1.